The molecular weight excluding hydrogens is 471 g/mol. The van der Waals surface area contributed by atoms with E-state index in [2.05, 4.69) is 5.32 Å². The number of halogens is 3. The van der Waals surface area contributed by atoms with Crippen LogP contribution in [0.3, 0.4) is 0 Å². The first-order valence-corrected chi connectivity index (χ1v) is 10.6. The third-order valence-corrected chi connectivity index (χ3v) is 5.94. The number of nitrogens with zero attached hydrogens (tertiary/aromatic N) is 1. The van der Waals surface area contributed by atoms with Gasteiger partial charge in [0.05, 0.1) is 51.7 Å². The highest BCUT2D eigenvalue weighted by Gasteiger charge is 2.18. The van der Waals surface area contributed by atoms with Crippen LogP contribution in [0.5, 0.6) is 11.5 Å². The van der Waals surface area contributed by atoms with Gasteiger partial charge in [-0.2, -0.15) is 0 Å². The minimum Gasteiger partial charge on any atom is -0.497 e. The molecule has 0 saturated carbocycles. The summed E-state index contributed by atoms with van der Waals surface area (Å²) in [6.45, 7) is 0. The number of rotatable bonds is 5. The van der Waals surface area contributed by atoms with Crippen molar-refractivity contribution in [2.75, 3.05) is 19.5 Å². The quantitative estimate of drug-likeness (QED) is 0.304. The summed E-state index contributed by atoms with van der Waals surface area (Å²) in [5.41, 5.74) is 2.74. The predicted octanol–water partition coefficient (Wildman–Crippen LogP) is 7.13. The Labute approximate surface area is 199 Å². The minimum absolute atomic E-state index is 0.281. The molecule has 0 fully saturated rings. The van der Waals surface area contributed by atoms with E-state index in [1.165, 1.54) is 12.1 Å². The fraction of sp³-hybridized carbons (Fsp3) is 0.0833. The molecule has 0 saturated heterocycles. The van der Waals surface area contributed by atoms with E-state index in [-0.39, 0.29) is 16.0 Å². The Balaban J connectivity index is 1.83. The van der Waals surface area contributed by atoms with Gasteiger partial charge in [-0.15, -0.1) is 0 Å². The summed E-state index contributed by atoms with van der Waals surface area (Å²) in [6.07, 6.45) is 0. The van der Waals surface area contributed by atoms with Crippen LogP contribution in [0.4, 0.5) is 5.69 Å². The fourth-order valence-corrected chi connectivity index (χ4v) is 3.91. The molecule has 4 aromatic rings. The summed E-state index contributed by atoms with van der Waals surface area (Å²) in [6, 6.07) is 17.5. The largest absolute Gasteiger partial charge is 0.497 e. The van der Waals surface area contributed by atoms with Crippen LogP contribution in [0, 0.1) is 0 Å². The maximum atomic E-state index is 13.3. The predicted molar refractivity (Wildman–Crippen MR) is 130 cm³/mol. The molecule has 0 bridgehead atoms. The number of hydrogen-bond acceptors (Lipinski definition) is 4. The fourth-order valence-electron chi connectivity index (χ4n) is 3.32. The number of methoxy groups -OCH3 is 2. The first-order chi connectivity index (χ1) is 15.4. The highest BCUT2D eigenvalue weighted by Crippen LogP contribution is 2.36. The maximum absolute atomic E-state index is 13.3. The monoisotopic (exact) mass is 486 g/mol. The minimum atomic E-state index is -0.363. The molecule has 3 aromatic carbocycles. The molecular formula is C24H17Cl3N2O3. The number of anilines is 1. The van der Waals surface area contributed by atoms with Crippen LogP contribution in [-0.2, 0) is 0 Å². The van der Waals surface area contributed by atoms with Crippen molar-refractivity contribution in [1.82, 2.24) is 4.98 Å². The van der Waals surface area contributed by atoms with Gasteiger partial charge in [-0.1, -0.05) is 53.0 Å². The molecule has 32 heavy (non-hydrogen) atoms. The molecule has 1 N–H and O–H groups in total. The summed E-state index contributed by atoms with van der Waals surface area (Å²) in [4.78, 5) is 18.0. The molecule has 4 rings (SSSR count). The van der Waals surface area contributed by atoms with Crippen molar-refractivity contribution >= 4 is 57.3 Å². The molecule has 0 atom stereocenters. The topological polar surface area (TPSA) is 60.5 Å². The summed E-state index contributed by atoms with van der Waals surface area (Å²) in [7, 11) is 3.15. The van der Waals surface area contributed by atoms with Crippen LogP contribution in [0.15, 0.2) is 60.7 Å². The second kappa shape index (κ2) is 9.25. The average molecular weight is 488 g/mol. The van der Waals surface area contributed by atoms with Crippen molar-refractivity contribution in [2.45, 2.75) is 0 Å². The van der Waals surface area contributed by atoms with Gasteiger partial charge in [-0.3, -0.25) is 4.79 Å². The van der Waals surface area contributed by atoms with E-state index in [0.29, 0.717) is 44.4 Å². The van der Waals surface area contributed by atoms with E-state index >= 15 is 0 Å². The normalized spacial score (nSPS) is 10.8. The van der Waals surface area contributed by atoms with Gasteiger partial charge < -0.3 is 14.8 Å². The Morgan fingerprint density at radius 2 is 1.62 bits per heavy atom. The van der Waals surface area contributed by atoms with Crippen LogP contribution in [0.2, 0.25) is 15.1 Å². The lowest BCUT2D eigenvalue weighted by Gasteiger charge is -2.14. The number of pyridine rings is 1. The number of benzene rings is 3. The van der Waals surface area contributed by atoms with Gasteiger partial charge >= 0.3 is 0 Å². The van der Waals surface area contributed by atoms with Gasteiger partial charge in [-0.05, 0) is 36.4 Å². The van der Waals surface area contributed by atoms with Crippen molar-refractivity contribution in [3.8, 4) is 22.8 Å². The van der Waals surface area contributed by atoms with E-state index in [4.69, 9.17) is 49.3 Å². The Morgan fingerprint density at radius 1 is 0.875 bits per heavy atom. The molecule has 0 radical (unpaired) electrons. The third kappa shape index (κ3) is 4.32. The first kappa shape index (κ1) is 22.2. The third-order valence-electron chi connectivity index (χ3n) is 4.90. The molecule has 5 nitrogen and oxygen atoms in total. The Morgan fingerprint density at radius 3 is 2.38 bits per heavy atom. The Kier molecular flexibility index (Phi) is 6.42. The van der Waals surface area contributed by atoms with Crippen molar-refractivity contribution in [1.29, 1.82) is 0 Å². The van der Waals surface area contributed by atoms with Gasteiger partial charge in [0.1, 0.15) is 11.5 Å². The smallest absolute Gasteiger partial charge is 0.256 e. The average Bonchev–Trinajstić information content (AvgIpc) is 2.81. The van der Waals surface area contributed by atoms with Crippen LogP contribution in [0.25, 0.3) is 22.2 Å². The lowest BCUT2D eigenvalue weighted by molar-refractivity contribution is 0.102. The second-order valence-electron chi connectivity index (χ2n) is 6.84. The number of aromatic nitrogens is 1. The standard InChI is InChI=1S/C24H17Cl3N2O3/c1-31-13-7-8-15(23(9-13)32-2)21-10-16(14-5-3-4-6-20(14)28-21)24(30)29-22-12-18(26)17(25)11-19(22)27/h3-12H,1-2H3,(H,29,30). The summed E-state index contributed by atoms with van der Waals surface area (Å²) < 4.78 is 10.8. The molecule has 0 aliphatic carbocycles. The molecule has 0 aliphatic heterocycles. The number of nitrogens with one attached hydrogen (secondary N) is 1. The van der Waals surface area contributed by atoms with Gasteiger partial charge in [-0.25, -0.2) is 4.98 Å². The molecule has 162 valence electrons. The van der Waals surface area contributed by atoms with Gasteiger partial charge in [0.15, 0.2) is 0 Å². The molecule has 1 amide bonds. The number of amides is 1. The van der Waals surface area contributed by atoms with E-state index in [1.54, 1.807) is 26.4 Å². The maximum Gasteiger partial charge on any atom is 0.256 e. The van der Waals surface area contributed by atoms with E-state index < -0.39 is 0 Å². The summed E-state index contributed by atoms with van der Waals surface area (Å²) in [5.74, 6) is 0.863. The van der Waals surface area contributed by atoms with Crippen LogP contribution < -0.4 is 14.8 Å². The van der Waals surface area contributed by atoms with Crippen LogP contribution in [0.1, 0.15) is 10.4 Å². The zero-order valence-electron chi connectivity index (χ0n) is 17.1. The summed E-state index contributed by atoms with van der Waals surface area (Å²) in [5, 5.41) is 4.38. The Bertz CT molecular complexity index is 1340. The number of hydrogen-bond donors (Lipinski definition) is 1. The highest BCUT2D eigenvalue weighted by molar-refractivity contribution is 6.44. The van der Waals surface area contributed by atoms with Crippen LogP contribution in [-0.4, -0.2) is 25.1 Å². The SMILES string of the molecule is COc1ccc(-c2cc(C(=O)Nc3cc(Cl)c(Cl)cc3Cl)c3ccccc3n2)c(OC)c1. The van der Waals surface area contributed by atoms with Gasteiger partial charge in [0.25, 0.3) is 5.91 Å². The number of para-hydroxylation sites is 1. The summed E-state index contributed by atoms with van der Waals surface area (Å²) >= 11 is 18.3. The number of fused-ring (bicyclic) bond motifs is 1. The van der Waals surface area contributed by atoms with Crippen molar-refractivity contribution in [2.24, 2.45) is 0 Å². The highest BCUT2D eigenvalue weighted by atomic mass is 35.5. The Hall–Kier alpha value is -2.99. The molecule has 1 aromatic heterocycles. The lowest BCUT2D eigenvalue weighted by Crippen LogP contribution is -2.13. The molecule has 0 unspecified atom stereocenters. The van der Waals surface area contributed by atoms with Crippen molar-refractivity contribution < 1.29 is 14.3 Å². The van der Waals surface area contributed by atoms with Crippen molar-refractivity contribution in [3.63, 3.8) is 0 Å². The van der Waals surface area contributed by atoms with Crippen molar-refractivity contribution in [3.05, 3.63) is 81.3 Å². The molecule has 8 heteroatoms. The number of ether oxygens (including phenoxy) is 2. The van der Waals surface area contributed by atoms with Gasteiger partial charge in [0.2, 0.25) is 0 Å². The van der Waals surface area contributed by atoms with E-state index in [0.717, 1.165) is 5.56 Å². The zero-order chi connectivity index (χ0) is 22.8. The van der Waals surface area contributed by atoms with E-state index in [9.17, 15) is 4.79 Å². The van der Waals surface area contributed by atoms with Gasteiger partial charge in [0, 0.05) is 17.0 Å². The van der Waals surface area contributed by atoms with Crippen LogP contribution >= 0.6 is 34.8 Å². The molecule has 0 aliphatic rings. The molecule has 0 spiro atoms. The second-order valence-corrected chi connectivity index (χ2v) is 8.06. The number of carbonyl (C=O) groups excluding carboxylic acids is 1. The lowest BCUT2D eigenvalue weighted by atomic mass is 10.0. The zero-order valence-corrected chi connectivity index (χ0v) is 19.3. The molecule has 1 heterocycles. The first-order valence-electron chi connectivity index (χ1n) is 9.49. The number of carbonyl (C=O) groups is 1. The van der Waals surface area contributed by atoms with E-state index in [1.807, 2.05) is 36.4 Å².